The predicted octanol–water partition coefficient (Wildman–Crippen LogP) is 4.48. The van der Waals surface area contributed by atoms with Crippen molar-refractivity contribution in [2.45, 2.75) is 0 Å². The minimum Gasteiger partial charge on any atom is -0.494 e. The Morgan fingerprint density at radius 2 is 0.624 bits per heavy atom. The van der Waals surface area contributed by atoms with Gasteiger partial charge >= 0.3 is 0 Å². The number of hydrogen-bond acceptors (Lipinski definition) is 21. The summed E-state index contributed by atoms with van der Waals surface area (Å²) in [6.45, 7) is 3.46. The number of piperazine rings is 3. The van der Waals surface area contributed by atoms with Crippen LogP contribution in [0.4, 0.5) is 0 Å². The lowest BCUT2D eigenvalue weighted by atomic mass is 10.1. The zero-order valence-electron chi connectivity index (χ0n) is 59.0. The Morgan fingerprint density at radius 1 is 0.339 bits per heavy atom. The van der Waals surface area contributed by atoms with Crippen LogP contribution in [0.1, 0.15) is 62.1 Å². The number of aromatic amines is 5. The van der Waals surface area contributed by atoms with Crippen molar-refractivity contribution < 1.29 is 57.4 Å². The number of aryl methyl sites for hydroxylation is 1. The highest BCUT2D eigenvalue weighted by Gasteiger charge is 2.36. The molecule has 0 aliphatic carbocycles. The summed E-state index contributed by atoms with van der Waals surface area (Å²) >= 11 is 0. The third-order valence-corrected chi connectivity index (χ3v) is 18.7. The van der Waals surface area contributed by atoms with E-state index in [0.717, 1.165) is 12.4 Å². The number of pyridine rings is 3. The number of rotatable bonds is 15. The van der Waals surface area contributed by atoms with E-state index in [2.05, 4.69) is 54.8 Å². The first-order valence-electron chi connectivity index (χ1n) is 34.1. The number of nitrogens with one attached hydrogen (secondary N) is 5. The maximum absolute atomic E-state index is 13.3. The molecule has 0 saturated carbocycles. The van der Waals surface area contributed by atoms with Gasteiger partial charge in [0.2, 0.25) is 0 Å². The number of fused-ring (bicyclic) bond motifs is 3. The second kappa shape index (κ2) is 31.9. The molecule has 109 heavy (non-hydrogen) atoms. The van der Waals surface area contributed by atoms with E-state index in [1.807, 2.05) is 18.2 Å². The molecule has 0 spiro atoms. The second-order valence-corrected chi connectivity index (χ2v) is 25.0. The van der Waals surface area contributed by atoms with Crippen molar-refractivity contribution >= 4 is 85.5 Å². The van der Waals surface area contributed by atoms with Crippen molar-refractivity contribution in [3.63, 3.8) is 0 Å². The summed E-state index contributed by atoms with van der Waals surface area (Å²) in [5.74, 6) is -3.45. The summed E-state index contributed by atoms with van der Waals surface area (Å²) in [7, 11) is 5.94. The van der Waals surface area contributed by atoms with Crippen molar-refractivity contribution in [1.82, 2.24) is 88.8 Å². The van der Waals surface area contributed by atoms with Crippen LogP contribution in [-0.2, 0) is 21.4 Å². The number of amides is 6. The van der Waals surface area contributed by atoms with Gasteiger partial charge in [-0.2, -0.15) is 0 Å². The number of methoxy groups -OCH3 is 3. The molecule has 12 aromatic rings. The van der Waals surface area contributed by atoms with Gasteiger partial charge in [-0.05, 0) is 36.4 Å². The Kier molecular flexibility index (Phi) is 21.3. The summed E-state index contributed by atoms with van der Waals surface area (Å²) in [6, 6.07) is 26.8. The number of H-pyrrole nitrogens is 5. The van der Waals surface area contributed by atoms with Crippen molar-refractivity contribution in [3.05, 3.63) is 230 Å². The van der Waals surface area contributed by atoms with Gasteiger partial charge in [-0.25, -0.2) is 29.9 Å². The summed E-state index contributed by atoms with van der Waals surface area (Å²) in [4.78, 5) is 201. The quantitative estimate of drug-likeness (QED) is 0.0697. The Labute approximate surface area is 617 Å². The van der Waals surface area contributed by atoms with Crippen LogP contribution in [0.5, 0.6) is 17.2 Å². The Balaban J connectivity index is 0.000000144. The molecular weight excluding hydrogens is 1400 g/mol. The van der Waals surface area contributed by atoms with E-state index >= 15 is 0 Å². The van der Waals surface area contributed by atoms with Crippen LogP contribution >= 0.6 is 0 Å². The van der Waals surface area contributed by atoms with Crippen LogP contribution < -0.4 is 30.9 Å². The van der Waals surface area contributed by atoms with E-state index in [4.69, 9.17) is 14.2 Å². The molecule has 3 aliphatic rings. The van der Waals surface area contributed by atoms with E-state index in [9.17, 15) is 57.5 Å². The van der Waals surface area contributed by atoms with Gasteiger partial charge in [-0.15, -0.1) is 0 Å². The molecule has 552 valence electrons. The third-order valence-electron chi connectivity index (χ3n) is 18.7. The molecule has 33 nitrogen and oxygen atoms in total. The van der Waals surface area contributed by atoms with Gasteiger partial charge in [-0.1, -0.05) is 54.6 Å². The smallest absolute Gasteiger partial charge is 0.295 e. The molecule has 0 radical (unpaired) electrons. The van der Waals surface area contributed by atoms with Crippen molar-refractivity contribution in [2.75, 3.05) is 99.9 Å². The molecule has 3 aromatic carbocycles. The highest BCUT2D eigenvalue weighted by atomic mass is 16.5. The number of nitrogens with zero attached hydrogens (tertiary/aromatic N) is 13. The molecule has 0 atom stereocenters. The number of Topliss-reactive ketones (excluding diaryl/α,β-unsaturated/α-hetero) is 3. The summed E-state index contributed by atoms with van der Waals surface area (Å²) in [5, 5.41) is 1.19. The fourth-order valence-electron chi connectivity index (χ4n) is 12.9. The average Bonchev–Trinajstić information content (AvgIpc) is 1.66. The minimum atomic E-state index is -0.700. The van der Waals surface area contributed by atoms with E-state index in [1.54, 1.807) is 101 Å². The number of aromatic nitrogens is 12. The van der Waals surface area contributed by atoms with Gasteiger partial charge in [0, 0.05) is 139 Å². The molecule has 3 fully saturated rings. The van der Waals surface area contributed by atoms with E-state index in [0.29, 0.717) is 140 Å². The van der Waals surface area contributed by atoms with Crippen LogP contribution in [0.3, 0.4) is 0 Å². The van der Waals surface area contributed by atoms with Gasteiger partial charge in [0.05, 0.1) is 108 Å². The molecule has 0 bridgehead atoms. The molecular formula is C76H68N18O15. The summed E-state index contributed by atoms with van der Waals surface area (Å²) in [5.41, 5.74) is 4.92. The molecule has 6 amide bonds. The van der Waals surface area contributed by atoms with E-state index in [1.165, 1.54) is 96.4 Å². The zero-order valence-corrected chi connectivity index (χ0v) is 59.0. The van der Waals surface area contributed by atoms with Crippen molar-refractivity contribution in [1.29, 1.82) is 0 Å². The van der Waals surface area contributed by atoms with Crippen LogP contribution in [0.15, 0.2) is 180 Å². The fourth-order valence-corrected chi connectivity index (χ4v) is 12.9. The SMILES string of the molecule is COc1cnc(-c2c[nH]c(=O)cn2)c2[nH]cc(C(=O)C(=O)N3CCN(C(=O)c4ccccc4)CC3)c12.COc1cnc(-c2c[nH]c(=O)cn2)c2[nH]cc(C(=O)C(=O)N3CCN(C(=O)c4ccccc4)CC3)c12.COc1cnc(-c2cn(C)c(=O)cn2)c2[nH]cc(C(=O)C(=O)N3CCN(C(=O)c4ccccc4)CC3)c12. The number of hydrogen-bond donors (Lipinski definition) is 5. The molecule has 12 heterocycles. The molecule has 5 N–H and O–H groups in total. The molecule has 0 unspecified atom stereocenters. The topological polar surface area (TPSA) is 413 Å². The first-order chi connectivity index (χ1) is 52.8. The minimum absolute atomic E-state index is 0.104. The van der Waals surface area contributed by atoms with Gasteiger partial charge < -0.3 is 73.1 Å². The van der Waals surface area contributed by atoms with Crippen LogP contribution in [0.25, 0.3) is 66.9 Å². The number of carbonyl (C=O) groups excluding carboxylic acids is 9. The molecule has 3 aliphatic heterocycles. The number of benzene rings is 3. The van der Waals surface area contributed by atoms with Gasteiger partial charge in [0.15, 0.2) is 0 Å². The van der Waals surface area contributed by atoms with Crippen LogP contribution in [-0.4, -0.2) is 241 Å². The van der Waals surface area contributed by atoms with Gasteiger partial charge in [-0.3, -0.25) is 57.5 Å². The number of carbonyl (C=O) groups is 9. The maximum atomic E-state index is 13.3. The Morgan fingerprint density at radius 3 is 0.899 bits per heavy atom. The third kappa shape index (κ3) is 15.0. The standard InChI is InChI=1S/C26H24N6O5.2C25H22N6O5/c1-30-15-18(27-14-20(30)33)22-23-21(19(37-2)13-29-22)17(12-28-23)24(34)26(36)32-10-8-31(9-11-32)25(35)16-6-4-3-5-7-16;2*1-36-18-13-29-21(17-12-27-19(32)14-26-17)22-20(18)16(11-28-22)23(33)25(35)31-9-7-30(8-10-31)24(34)15-5-3-2-4-6-15/h3-7,12-15,28H,8-11H2,1-2H3;2*2-6,11-14,28H,7-10H2,1H3,(H,27,32). The van der Waals surface area contributed by atoms with Gasteiger partial charge in [0.25, 0.3) is 69.5 Å². The number of ketones is 3. The summed E-state index contributed by atoms with van der Waals surface area (Å²) < 4.78 is 17.6. The first-order valence-corrected chi connectivity index (χ1v) is 34.1. The van der Waals surface area contributed by atoms with E-state index < -0.39 is 35.1 Å². The van der Waals surface area contributed by atoms with Crippen LogP contribution in [0.2, 0.25) is 0 Å². The maximum Gasteiger partial charge on any atom is 0.295 e. The number of ether oxygens (including phenoxy) is 3. The fraction of sp³-hybridized carbons (Fsp3) is 0.211. The normalized spacial score (nSPS) is 13.6. The molecule has 9 aromatic heterocycles. The highest BCUT2D eigenvalue weighted by molar-refractivity contribution is 6.46. The lowest BCUT2D eigenvalue weighted by molar-refractivity contribution is -0.128. The van der Waals surface area contributed by atoms with E-state index in [-0.39, 0.29) is 90.4 Å². The highest BCUT2D eigenvalue weighted by Crippen LogP contribution is 2.37. The summed E-state index contributed by atoms with van der Waals surface area (Å²) in [6.07, 6.45) is 16.5. The Bertz CT molecular complexity index is 5440. The van der Waals surface area contributed by atoms with Crippen LogP contribution in [0, 0.1) is 0 Å². The lowest BCUT2D eigenvalue weighted by Crippen LogP contribution is -2.52. The molecule has 15 rings (SSSR count). The largest absolute Gasteiger partial charge is 0.494 e. The zero-order chi connectivity index (χ0) is 76.6. The molecule has 33 heteroatoms. The lowest BCUT2D eigenvalue weighted by Gasteiger charge is -2.34. The van der Waals surface area contributed by atoms with Gasteiger partial charge in [0.1, 0.15) is 51.4 Å². The average molecular weight is 1470 g/mol. The predicted molar refractivity (Wildman–Crippen MR) is 394 cm³/mol. The monoisotopic (exact) mass is 1470 g/mol. The molecule has 3 saturated heterocycles. The Hall–Kier alpha value is -14.4. The van der Waals surface area contributed by atoms with Crippen molar-refractivity contribution in [3.8, 4) is 51.4 Å². The van der Waals surface area contributed by atoms with Crippen molar-refractivity contribution in [2.24, 2.45) is 7.05 Å². The first kappa shape index (κ1) is 72.9. The second-order valence-electron chi connectivity index (χ2n) is 25.0.